The van der Waals surface area contributed by atoms with Crippen LogP contribution in [-0.4, -0.2) is 12.0 Å². The van der Waals surface area contributed by atoms with Crippen LogP contribution in [0.15, 0.2) is 48.5 Å². The summed E-state index contributed by atoms with van der Waals surface area (Å²) in [5.41, 5.74) is -1.01. The maximum Gasteiger partial charge on any atom is 0.416 e. The quantitative estimate of drug-likeness (QED) is 0.868. The lowest BCUT2D eigenvalue weighted by atomic mass is 10.2. The fraction of sp³-hybridized carbons (Fsp3) is 0.188. The first-order chi connectivity index (χ1) is 10.8. The van der Waals surface area contributed by atoms with Crippen molar-refractivity contribution in [3.63, 3.8) is 0 Å². The molecule has 122 valence electrons. The Morgan fingerprint density at radius 1 is 1.17 bits per heavy atom. The monoisotopic (exact) mass is 343 g/mol. The number of para-hydroxylation sites is 1. The number of anilines is 1. The third-order valence-corrected chi connectivity index (χ3v) is 3.31. The second-order valence-electron chi connectivity index (χ2n) is 4.75. The molecule has 0 heterocycles. The zero-order valence-corrected chi connectivity index (χ0v) is 12.8. The molecule has 1 unspecified atom stereocenters. The Morgan fingerprint density at radius 3 is 2.43 bits per heavy atom. The number of benzene rings is 2. The molecular formula is C16H13ClF3NO2. The summed E-state index contributed by atoms with van der Waals surface area (Å²) in [7, 11) is 0. The molecule has 0 saturated heterocycles. The Balaban J connectivity index is 2.10. The molecule has 0 aliphatic carbocycles. The molecule has 1 amide bonds. The van der Waals surface area contributed by atoms with Gasteiger partial charge in [-0.3, -0.25) is 4.79 Å². The minimum absolute atomic E-state index is 0.0123. The summed E-state index contributed by atoms with van der Waals surface area (Å²) in [5, 5.41) is 2.36. The van der Waals surface area contributed by atoms with E-state index in [-0.39, 0.29) is 10.7 Å². The molecule has 23 heavy (non-hydrogen) atoms. The normalized spacial score (nSPS) is 12.6. The van der Waals surface area contributed by atoms with Crippen molar-refractivity contribution in [2.45, 2.75) is 19.2 Å². The molecule has 0 aliphatic heterocycles. The van der Waals surface area contributed by atoms with Crippen LogP contribution in [0.3, 0.4) is 0 Å². The lowest BCUT2D eigenvalue weighted by molar-refractivity contribution is -0.137. The van der Waals surface area contributed by atoms with Crippen LogP contribution in [0.1, 0.15) is 12.5 Å². The third kappa shape index (κ3) is 4.63. The van der Waals surface area contributed by atoms with Gasteiger partial charge in [0.1, 0.15) is 5.75 Å². The molecule has 0 fully saturated rings. The van der Waals surface area contributed by atoms with Crippen molar-refractivity contribution in [2.75, 3.05) is 5.32 Å². The maximum atomic E-state index is 12.7. The molecular weight excluding hydrogens is 331 g/mol. The molecule has 2 rings (SSSR count). The third-order valence-electron chi connectivity index (χ3n) is 2.98. The molecule has 1 N–H and O–H groups in total. The van der Waals surface area contributed by atoms with Crippen LogP contribution >= 0.6 is 11.6 Å². The summed E-state index contributed by atoms with van der Waals surface area (Å²) < 4.78 is 43.5. The van der Waals surface area contributed by atoms with Crippen molar-refractivity contribution in [3.05, 3.63) is 59.1 Å². The average Bonchev–Trinajstić information content (AvgIpc) is 2.49. The number of hydrogen-bond donors (Lipinski definition) is 1. The second kappa shape index (κ2) is 6.91. The van der Waals surface area contributed by atoms with Crippen molar-refractivity contribution in [1.82, 2.24) is 0 Å². The summed E-state index contributed by atoms with van der Waals surface area (Å²) in [6.45, 7) is 1.49. The molecule has 0 radical (unpaired) electrons. The minimum atomic E-state index is -4.52. The topological polar surface area (TPSA) is 38.3 Å². The number of carbonyl (C=O) groups is 1. The zero-order chi connectivity index (χ0) is 17.0. The van der Waals surface area contributed by atoms with Crippen LogP contribution in [0.5, 0.6) is 5.75 Å². The number of amides is 1. The van der Waals surface area contributed by atoms with Gasteiger partial charge in [0.25, 0.3) is 5.91 Å². The minimum Gasteiger partial charge on any atom is -0.481 e. The van der Waals surface area contributed by atoms with Gasteiger partial charge in [-0.25, -0.2) is 0 Å². The van der Waals surface area contributed by atoms with E-state index in [1.54, 1.807) is 30.3 Å². The molecule has 0 bridgehead atoms. The van der Waals surface area contributed by atoms with Crippen LogP contribution in [0.4, 0.5) is 18.9 Å². The summed E-state index contributed by atoms with van der Waals surface area (Å²) in [6.07, 6.45) is -5.42. The highest BCUT2D eigenvalue weighted by Crippen LogP contribution is 2.33. The van der Waals surface area contributed by atoms with Gasteiger partial charge in [0.05, 0.1) is 16.3 Å². The predicted molar refractivity (Wildman–Crippen MR) is 81.6 cm³/mol. The SMILES string of the molecule is CC(Oc1ccccc1)C(=O)Nc1cc(C(F)(F)F)ccc1Cl. The van der Waals surface area contributed by atoms with Gasteiger partial charge in [-0.2, -0.15) is 13.2 Å². The Morgan fingerprint density at radius 2 is 1.83 bits per heavy atom. The van der Waals surface area contributed by atoms with E-state index in [0.29, 0.717) is 5.75 Å². The van der Waals surface area contributed by atoms with E-state index in [0.717, 1.165) is 18.2 Å². The number of carbonyl (C=O) groups excluding carboxylic acids is 1. The van der Waals surface area contributed by atoms with E-state index in [1.165, 1.54) is 6.92 Å². The van der Waals surface area contributed by atoms with Gasteiger partial charge in [0.15, 0.2) is 6.10 Å². The largest absolute Gasteiger partial charge is 0.481 e. The van der Waals surface area contributed by atoms with Crippen LogP contribution in [0, 0.1) is 0 Å². The molecule has 0 saturated carbocycles. The van der Waals surface area contributed by atoms with E-state index >= 15 is 0 Å². The Bertz CT molecular complexity index is 689. The average molecular weight is 344 g/mol. The Hall–Kier alpha value is -2.21. The number of rotatable bonds is 4. The first-order valence-corrected chi connectivity index (χ1v) is 7.04. The van der Waals surface area contributed by atoms with E-state index < -0.39 is 23.8 Å². The van der Waals surface area contributed by atoms with Crippen LogP contribution in [0.25, 0.3) is 0 Å². The summed E-state index contributed by atoms with van der Waals surface area (Å²) in [6, 6.07) is 11.3. The second-order valence-corrected chi connectivity index (χ2v) is 5.16. The molecule has 2 aromatic carbocycles. The highest BCUT2D eigenvalue weighted by molar-refractivity contribution is 6.33. The molecule has 0 spiro atoms. The van der Waals surface area contributed by atoms with Crippen molar-refractivity contribution < 1.29 is 22.7 Å². The fourth-order valence-corrected chi connectivity index (χ4v) is 1.95. The Kier molecular flexibility index (Phi) is 5.15. The molecule has 1 atom stereocenters. The van der Waals surface area contributed by atoms with Crippen molar-refractivity contribution in [3.8, 4) is 5.75 Å². The lowest BCUT2D eigenvalue weighted by Crippen LogP contribution is -2.30. The van der Waals surface area contributed by atoms with Crippen LogP contribution in [-0.2, 0) is 11.0 Å². The number of hydrogen-bond acceptors (Lipinski definition) is 2. The number of alkyl halides is 3. The number of ether oxygens (including phenoxy) is 1. The molecule has 0 aromatic heterocycles. The molecule has 0 aliphatic rings. The van der Waals surface area contributed by atoms with Gasteiger partial charge in [0.2, 0.25) is 0 Å². The maximum absolute atomic E-state index is 12.7. The first-order valence-electron chi connectivity index (χ1n) is 6.66. The first kappa shape index (κ1) is 17.1. The van der Waals surface area contributed by atoms with Crippen molar-refractivity contribution in [2.24, 2.45) is 0 Å². The zero-order valence-electron chi connectivity index (χ0n) is 12.0. The summed E-state index contributed by atoms with van der Waals surface area (Å²) in [4.78, 5) is 12.1. The van der Waals surface area contributed by atoms with E-state index in [2.05, 4.69) is 5.32 Å². The van der Waals surface area contributed by atoms with Gasteiger partial charge < -0.3 is 10.1 Å². The predicted octanol–water partition coefficient (Wildman–Crippen LogP) is 4.76. The lowest BCUT2D eigenvalue weighted by Gasteiger charge is -2.16. The van der Waals surface area contributed by atoms with Gasteiger partial charge >= 0.3 is 6.18 Å². The van der Waals surface area contributed by atoms with E-state index in [1.807, 2.05) is 0 Å². The standard InChI is InChI=1S/C16H13ClF3NO2/c1-10(23-12-5-3-2-4-6-12)15(22)21-14-9-11(16(18,19)20)7-8-13(14)17/h2-10H,1H3,(H,21,22). The van der Waals surface area contributed by atoms with Crippen LogP contribution in [0.2, 0.25) is 5.02 Å². The van der Waals surface area contributed by atoms with Crippen LogP contribution < -0.4 is 10.1 Å². The molecule has 3 nitrogen and oxygen atoms in total. The van der Waals surface area contributed by atoms with Gasteiger partial charge in [-0.05, 0) is 37.3 Å². The number of nitrogens with one attached hydrogen (secondary N) is 1. The fourth-order valence-electron chi connectivity index (χ4n) is 1.79. The van der Waals surface area contributed by atoms with E-state index in [9.17, 15) is 18.0 Å². The Labute approximate surface area is 136 Å². The highest BCUT2D eigenvalue weighted by Gasteiger charge is 2.31. The van der Waals surface area contributed by atoms with Crippen molar-refractivity contribution >= 4 is 23.2 Å². The summed E-state index contributed by atoms with van der Waals surface area (Å²) in [5.74, 6) is -0.125. The number of halogens is 4. The van der Waals surface area contributed by atoms with Gasteiger partial charge in [-0.1, -0.05) is 29.8 Å². The van der Waals surface area contributed by atoms with Gasteiger partial charge in [0, 0.05) is 0 Å². The van der Waals surface area contributed by atoms with Gasteiger partial charge in [-0.15, -0.1) is 0 Å². The van der Waals surface area contributed by atoms with Crippen molar-refractivity contribution in [1.29, 1.82) is 0 Å². The van der Waals surface area contributed by atoms with E-state index in [4.69, 9.17) is 16.3 Å². The highest BCUT2D eigenvalue weighted by atomic mass is 35.5. The smallest absolute Gasteiger partial charge is 0.416 e. The summed E-state index contributed by atoms with van der Waals surface area (Å²) >= 11 is 5.83. The molecule has 2 aromatic rings. The molecule has 7 heteroatoms.